The number of hydrogen-bond donors (Lipinski definition) is 1. The van der Waals surface area contributed by atoms with Gasteiger partial charge in [0.2, 0.25) is 5.91 Å². The van der Waals surface area contributed by atoms with Crippen molar-refractivity contribution in [3.8, 4) is 17.2 Å². The first-order chi connectivity index (χ1) is 17.1. The number of rotatable bonds is 11. The summed E-state index contributed by atoms with van der Waals surface area (Å²) < 4.78 is 44.8. The smallest absolute Gasteiger partial charge is 0.264 e. The molecular weight excluding hydrogens is 480 g/mol. The zero-order valence-corrected chi connectivity index (χ0v) is 22.0. The molecule has 9 heteroatoms. The third-order valence-electron chi connectivity index (χ3n) is 5.58. The Morgan fingerprint density at radius 1 is 0.861 bits per heavy atom. The number of nitrogens with zero attached hydrogens (tertiary/aromatic N) is 1. The average Bonchev–Trinajstić information content (AvgIpc) is 2.86. The van der Waals surface area contributed by atoms with Crippen molar-refractivity contribution >= 4 is 21.6 Å². The molecule has 3 aromatic rings. The predicted octanol–water partition coefficient (Wildman–Crippen LogP) is 4.02. The normalized spacial score (nSPS) is 11.0. The number of nitrogens with one attached hydrogen (secondary N) is 1. The Bertz CT molecular complexity index is 1310. The van der Waals surface area contributed by atoms with Gasteiger partial charge in [0.1, 0.15) is 30.4 Å². The summed E-state index contributed by atoms with van der Waals surface area (Å²) in [6.07, 6.45) is 0. The fourth-order valence-corrected chi connectivity index (χ4v) is 4.95. The summed E-state index contributed by atoms with van der Waals surface area (Å²) in [6.45, 7) is 5.78. The Labute approximate surface area is 212 Å². The van der Waals surface area contributed by atoms with E-state index in [0.717, 1.165) is 26.7 Å². The Balaban J connectivity index is 1.82. The van der Waals surface area contributed by atoms with Gasteiger partial charge in [-0.2, -0.15) is 0 Å². The van der Waals surface area contributed by atoms with E-state index >= 15 is 0 Å². The highest BCUT2D eigenvalue weighted by Crippen LogP contribution is 2.35. The van der Waals surface area contributed by atoms with Crippen LogP contribution in [-0.2, 0) is 14.8 Å². The van der Waals surface area contributed by atoms with Crippen LogP contribution in [0.2, 0.25) is 0 Å². The van der Waals surface area contributed by atoms with Gasteiger partial charge in [-0.1, -0.05) is 29.8 Å². The molecule has 3 rings (SSSR count). The molecule has 0 radical (unpaired) electrons. The molecule has 0 heterocycles. The second kappa shape index (κ2) is 11.8. The maximum atomic E-state index is 13.7. The Morgan fingerprint density at radius 2 is 1.56 bits per heavy atom. The van der Waals surface area contributed by atoms with Gasteiger partial charge in [-0.05, 0) is 62.2 Å². The van der Waals surface area contributed by atoms with Crippen LogP contribution < -0.4 is 23.8 Å². The molecule has 3 aromatic carbocycles. The van der Waals surface area contributed by atoms with Gasteiger partial charge in [0, 0.05) is 6.07 Å². The topological polar surface area (TPSA) is 94.2 Å². The highest BCUT2D eigenvalue weighted by atomic mass is 32.2. The zero-order chi connectivity index (χ0) is 26.3. The monoisotopic (exact) mass is 512 g/mol. The van der Waals surface area contributed by atoms with Gasteiger partial charge in [0.05, 0.1) is 31.3 Å². The fourth-order valence-electron chi connectivity index (χ4n) is 3.53. The summed E-state index contributed by atoms with van der Waals surface area (Å²) in [6, 6.07) is 17.1. The summed E-state index contributed by atoms with van der Waals surface area (Å²) >= 11 is 0. The molecule has 1 N–H and O–H groups in total. The molecule has 0 aliphatic carbocycles. The zero-order valence-electron chi connectivity index (χ0n) is 21.2. The SMILES string of the molecule is COc1ccc(OC)c(N(CC(=O)NCCOc2cc(C)ccc2C)S(=O)(=O)c2ccc(C)cc2)c1. The number of carbonyl (C=O) groups is 1. The van der Waals surface area contributed by atoms with E-state index in [9.17, 15) is 13.2 Å². The van der Waals surface area contributed by atoms with Crippen molar-refractivity contribution in [2.24, 2.45) is 0 Å². The van der Waals surface area contributed by atoms with E-state index in [4.69, 9.17) is 14.2 Å². The minimum atomic E-state index is -4.10. The van der Waals surface area contributed by atoms with Crippen LogP contribution in [0.3, 0.4) is 0 Å². The Hall–Kier alpha value is -3.72. The van der Waals surface area contributed by atoms with Gasteiger partial charge in [-0.15, -0.1) is 0 Å². The van der Waals surface area contributed by atoms with Crippen LogP contribution >= 0.6 is 0 Å². The van der Waals surface area contributed by atoms with Crippen molar-refractivity contribution in [3.05, 3.63) is 77.4 Å². The number of ether oxygens (including phenoxy) is 3. The molecule has 0 bridgehead atoms. The van der Waals surface area contributed by atoms with Gasteiger partial charge >= 0.3 is 0 Å². The molecule has 1 amide bonds. The van der Waals surface area contributed by atoms with Gasteiger partial charge < -0.3 is 19.5 Å². The van der Waals surface area contributed by atoms with E-state index in [0.29, 0.717) is 5.75 Å². The molecule has 0 saturated carbocycles. The minimum Gasteiger partial charge on any atom is -0.497 e. The van der Waals surface area contributed by atoms with Crippen LogP contribution in [0.25, 0.3) is 0 Å². The van der Waals surface area contributed by atoms with Crippen molar-refractivity contribution in [1.82, 2.24) is 5.32 Å². The molecule has 0 aliphatic rings. The Kier molecular flexibility index (Phi) is 8.82. The summed E-state index contributed by atoms with van der Waals surface area (Å²) in [7, 11) is -1.19. The molecule has 0 fully saturated rings. The summed E-state index contributed by atoms with van der Waals surface area (Å²) in [5.41, 5.74) is 3.18. The number of benzene rings is 3. The number of aryl methyl sites for hydroxylation is 3. The lowest BCUT2D eigenvalue weighted by Gasteiger charge is -2.26. The van der Waals surface area contributed by atoms with Crippen molar-refractivity contribution in [1.29, 1.82) is 0 Å². The number of carbonyl (C=O) groups excluding carboxylic acids is 1. The highest BCUT2D eigenvalue weighted by Gasteiger charge is 2.30. The van der Waals surface area contributed by atoms with Crippen LogP contribution in [0.4, 0.5) is 5.69 Å². The van der Waals surface area contributed by atoms with E-state index < -0.39 is 22.5 Å². The lowest BCUT2D eigenvalue weighted by atomic mass is 10.1. The first-order valence-corrected chi connectivity index (χ1v) is 12.9. The number of methoxy groups -OCH3 is 2. The van der Waals surface area contributed by atoms with Crippen molar-refractivity contribution in [3.63, 3.8) is 0 Å². The fraction of sp³-hybridized carbons (Fsp3) is 0.296. The van der Waals surface area contributed by atoms with Gasteiger partial charge in [0.25, 0.3) is 10.0 Å². The number of anilines is 1. The van der Waals surface area contributed by atoms with Gasteiger partial charge in [0.15, 0.2) is 0 Å². The maximum absolute atomic E-state index is 13.7. The van der Waals surface area contributed by atoms with E-state index in [1.807, 2.05) is 39.0 Å². The van der Waals surface area contributed by atoms with Crippen LogP contribution in [0.15, 0.2) is 65.6 Å². The second-order valence-electron chi connectivity index (χ2n) is 8.33. The van der Waals surface area contributed by atoms with E-state index in [1.165, 1.54) is 32.4 Å². The largest absolute Gasteiger partial charge is 0.497 e. The molecule has 192 valence electrons. The van der Waals surface area contributed by atoms with Gasteiger partial charge in [-0.3, -0.25) is 9.10 Å². The Morgan fingerprint density at radius 3 is 2.22 bits per heavy atom. The van der Waals surface area contributed by atoms with E-state index in [1.54, 1.807) is 24.3 Å². The minimum absolute atomic E-state index is 0.0593. The second-order valence-corrected chi connectivity index (χ2v) is 10.2. The molecule has 0 aliphatic heterocycles. The molecule has 0 aromatic heterocycles. The molecule has 8 nitrogen and oxygen atoms in total. The van der Waals surface area contributed by atoms with Crippen molar-refractivity contribution in [2.45, 2.75) is 25.7 Å². The lowest BCUT2D eigenvalue weighted by Crippen LogP contribution is -2.42. The third-order valence-corrected chi connectivity index (χ3v) is 7.35. The average molecular weight is 513 g/mol. The van der Waals surface area contributed by atoms with E-state index in [2.05, 4.69) is 5.32 Å². The first kappa shape index (κ1) is 26.9. The summed E-state index contributed by atoms with van der Waals surface area (Å²) in [4.78, 5) is 13.0. The molecule has 0 atom stereocenters. The predicted molar refractivity (Wildman–Crippen MR) is 140 cm³/mol. The first-order valence-electron chi connectivity index (χ1n) is 11.4. The van der Waals surface area contributed by atoms with Gasteiger partial charge in [-0.25, -0.2) is 8.42 Å². The summed E-state index contributed by atoms with van der Waals surface area (Å²) in [5, 5.41) is 2.74. The molecule has 0 unspecified atom stereocenters. The third kappa shape index (κ3) is 6.48. The number of amides is 1. The van der Waals surface area contributed by atoms with Crippen molar-refractivity contribution < 1.29 is 27.4 Å². The standard InChI is InChI=1S/C27H32N2O6S/c1-19-7-11-23(12-8-19)36(31,32)29(24-17-22(33-4)10-13-25(24)34-5)18-27(30)28-14-15-35-26-16-20(2)6-9-21(26)3/h6-13,16-17H,14-15,18H2,1-5H3,(H,28,30). The molecule has 0 spiro atoms. The molecule has 0 saturated heterocycles. The quantitative estimate of drug-likeness (QED) is 0.390. The molecular formula is C27H32N2O6S. The van der Waals surface area contributed by atoms with Crippen LogP contribution in [0.1, 0.15) is 16.7 Å². The van der Waals surface area contributed by atoms with Crippen molar-refractivity contribution in [2.75, 3.05) is 38.2 Å². The molecule has 36 heavy (non-hydrogen) atoms. The van der Waals surface area contributed by atoms with Crippen LogP contribution in [-0.4, -0.2) is 48.2 Å². The lowest BCUT2D eigenvalue weighted by molar-refractivity contribution is -0.119. The summed E-state index contributed by atoms with van der Waals surface area (Å²) in [5.74, 6) is 0.976. The highest BCUT2D eigenvalue weighted by molar-refractivity contribution is 7.92. The maximum Gasteiger partial charge on any atom is 0.264 e. The van der Waals surface area contributed by atoms with Crippen LogP contribution in [0.5, 0.6) is 17.2 Å². The number of sulfonamides is 1. The van der Waals surface area contributed by atoms with E-state index in [-0.39, 0.29) is 29.5 Å². The number of hydrogen-bond acceptors (Lipinski definition) is 6. The van der Waals surface area contributed by atoms with Crippen LogP contribution in [0, 0.1) is 20.8 Å².